The number of carbonyl (C=O) groups is 3. The largest absolute Gasteiger partial charge is 0.444 e. The van der Waals surface area contributed by atoms with E-state index < -0.39 is 23.6 Å². The van der Waals surface area contributed by atoms with Gasteiger partial charge in [-0.1, -0.05) is 31.8 Å². The number of carbonyl (C=O) groups excluding carboxylic acids is 3. The number of imide groups is 1. The first-order chi connectivity index (χ1) is 18.8. The molecule has 1 aliphatic rings. The van der Waals surface area contributed by atoms with Gasteiger partial charge in [0.25, 0.3) is 0 Å². The number of piperidine rings is 1. The fourth-order valence-corrected chi connectivity index (χ4v) is 4.35. The van der Waals surface area contributed by atoms with Crippen LogP contribution in [0.4, 0.5) is 4.79 Å². The predicted molar refractivity (Wildman–Crippen MR) is 150 cm³/mol. The average Bonchev–Trinajstić information content (AvgIpc) is 3.10. The first-order valence-corrected chi connectivity index (χ1v) is 13.4. The summed E-state index contributed by atoms with van der Waals surface area (Å²) in [4.78, 5) is 48.7. The number of amides is 3. The molecule has 0 saturated carbocycles. The molecule has 1 aromatic carbocycles. The van der Waals surface area contributed by atoms with Gasteiger partial charge in [0.2, 0.25) is 11.8 Å². The SMILES string of the molecule is Cn1c(=O)n(C2CCC(=O)NC2=O)c2cccc(C#CCOCC(C)(C)COCCCNC(=O)OC(C)(C)C)c21. The van der Waals surface area contributed by atoms with Crippen molar-refractivity contribution in [3.63, 3.8) is 0 Å². The third kappa shape index (κ3) is 8.44. The molecule has 0 aliphatic carbocycles. The highest BCUT2D eigenvalue weighted by molar-refractivity contribution is 6.00. The molecule has 1 fully saturated rings. The smallest absolute Gasteiger partial charge is 0.407 e. The van der Waals surface area contributed by atoms with Crippen LogP contribution in [0.15, 0.2) is 23.0 Å². The van der Waals surface area contributed by atoms with Crippen molar-refractivity contribution in [3.05, 3.63) is 34.2 Å². The van der Waals surface area contributed by atoms with Crippen molar-refractivity contribution in [2.24, 2.45) is 12.5 Å². The molecule has 11 heteroatoms. The molecular weight excluding hydrogens is 516 g/mol. The van der Waals surface area contributed by atoms with E-state index in [2.05, 4.69) is 22.5 Å². The molecule has 0 spiro atoms. The molecule has 1 atom stereocenters. The minimum absolute atomic E-state index is 0.183. The monoisotopic (exact) mass is 556 g/mol. The molecule has 40 heavy (non-hydrogen) atoms. The summed E-state index contributed by atoms with van der Waals surface area (Å²) in [5.41, 5.74) is 0.772. The number of nitrogens with zero attached hydrogens (tertiary/aromatic N) is 2. The normalized spacial score (nSPS) is 15.9. The van der Waals surface area contributed by atoms with E-state index >= 15 is 0 Å². The van der Waals surface area contributed by atoms with E-state index in [0.29, 0.717) is 49.4 Å². The molecule has 1 aromatic heterocycles. The summed E-state index contributed by atoms with van der Waals surface area (Å²) in [6, 6.07) is 4.64. The van der Waals surface area contributed by atoms with Crippen LogP contribution in [0.5, 0.6) is 0 Å². The standard InChI is InChI=1S/C29H40N4O7/c1-28(2,3)40-26(36)30-15-9-17-39-19-29(4,5)18-38-16-8-11-20-10-7-12-21-24(20)32(6)27(37)33(21)22-13-14-23(34)31-25(22)35/h7,10,12,22H,9,13-19H2,1-6H3,(H,30,36)(H,31,34,35). The van der Waals surface area contributed by atoms with E-state index in [0.717, 1.165) is 0 Å². The summed E-state index contributed by atoms with van der Waals surface area (Å²) < 4.78 is 19.7. The molecule has 1 unspecified atom stereocenters. The van der Waals surface area contributed by atoms with Gasteiger partial charge in [0, 0.05) is 32.0 Å². The van der Waals surface area contributed by atoms with Crippen LogP contribution in [-0.2, 0) is 30.8 Å². The molecule has 1 aliphatic heterocycles. The van der Waals surface area contributed by atoms with E-state index in [1.54, 1.807) is 19.2 Å². The number of aryl methyl sites for hydroxylation is 1. The number of imidazole rings is 1. The van der Waals surface area contributed by atoms with Crippen molar-refractivity contribution >= 4 is 28.9 Å². The highest BCUT2D eigenvalue weighted by atomic mass is 16.6. The lowest BCUT2D eigenvalue weighted by atomic mass is 9.96. The van der Waals surface area contributed by atoms with Crippen molar-refractivity contribution in [2.75, 3.05) is 33.0 Å². The number of benzene rings is 1. The lowest BCUT2D eigenvalue weighted by Gasteiger charge is -2.23. The van der Waals surface area contributed by atoms with Gasteiger partial charge >= 0.3 is 11.8 Å². The Morgan fingerprint density at radius 2 is 1.85 bits per heavy atom. The Morgan fingerprint density at radius 3 is 2.55 bits per heavy atom. The van der Waals surface area contributed by atoms with Crippen molar-refractivity contribution in [1.29, 1.82) is 0 Å². The first-order valence-electron chi connectivity index (χ1n) is 13.4. The van der Waals surface area contributed by atoms with Gasteiger partial charge in [0.05, 0.1) is 29.8 Å². The lowest BCUT2D eigenvalue weighted by Crippen LogP contribution is -2.44. The van der Waals surface area contributed by atoms with Crippen molar-refractivity contribution in [1.82, 2.24) is 19.8 Å². The van der Waals surface area contributed by atoms with Gasteiger partial charge < -0.3 is 19.5 Å². The number of alkyl carbamates (subject to hydrolysis) is 1. The summed E-state index contributed by atoms with van der Waals surface area (Å²) in [7, 11) is 1.64. The summed E-state index contributed by atoms with van der Waals surface area (Å²) >= 11 is 0. The number of nitrogens with one attached hydrogen (secondary N) is 2. The first kappa shape index (κ1) is 30.9. The van der Waals surface area contributed by atoms with Crippen LogP contribution in [0.25, 0.3) is 11.0 Å². The van der Waals surface area contributed by atoms with Crippen LogP contribution in [0.1, 0.15) is 65.5 Å². The third-order valence-corrected chi connectivity index (χ3v) is 6.14. The van der Waals surface area contributed by atoms with Gasteiger partial charge in [-0.3, -0.25) is 24.0 Å². The molecule has 218 valence electrons. The molecule has 3 rings (SSSR count). The molecule has 3 amide bonds. The quantitative estimate of drug-likeness (QED) is 0.261. The maximum Gasteiger partial charge on any atom is 0.407 e. The van der Waals surface area contributed by atoms with Crippen LogP contribution < -0.4 is 16.3 Å². The summed E-state index contributed by atoms with van der Waals surface area (Å²) in [6.07, 6.45) is 0.687. The molecule has 1 saturated heterocycles. The number of ether oxygens (including phenoxy) is 3. The number of hydrogen-bond acceptors (Lipinski definition) is 7. The number of hydrogen-bond donors (Lipinski definition) is 2. The van der Waals surface area contributed by atoms with E-state index in [1.807, 2.05) is 40.7 Å². The fourth-order valence-electron chi connectivity index (χ4n) is 4.35. The van der Waals surface area contributed by atoms with Crippen LogP contribution >= 0.6 is 0 Å². The Hall–Kier alpha value is -3.62. The van der Waals surface area contributed by atoms with Crippen molar-refractivity contribution in [3.8, 4) is 11.8 Å². The minimum Gasteiger partial charge on any atom is -0.444 e. The fraction of sp³-hybridized carbons (Fsp3) is 0.586. The maximum absolute atomic E-state index is 13.0. The maximum atomic E-state index is 13.0. The van der Waals surface area contributed by atoms with E-state index in [-0.39, 0.29) is 36.5 Å². The second-order valence-corrected chi connectivity index (χ2v) is 11.6. The number of para-hydroxylation sites is 1. The zero-order chi connectivity index (χ0) is 29.5. The number of fused-ring (bicyclic) bond motifs is 1. The van der Waals surface area contributed by atoms with Gasteiger partial charge in [0.1, 0.15) is 18.2 Å². The van der Waals surface area contributed by atoms with Gasteiger partial charge in [-0.25, -0.2) is 9.59 Å². The number of aromatic nitrogens is 2. The van der Waals surface area contributed by atoms with Gasteiger partial charge in [-0.05, 0) is 45.7 Å². The Balaban J connectivity index is 1.49. The van der Waals surface area contributed by atoms with Crippen LogP contribution in [0.3, 0.4) is 0 Å². The van der Waals surface area contributed by atoms with Gasteiger partial charge in [0.15, 0.2) is 0 Å². The Bertz CT molecular complexity index is 1350. The summed E-state index contributed by atoms with van der Waals surface area (Å²) in [5, 5.41) is 5.02. The van der Waals surface area contributed by atoms with Gasteiger partial charge in [-0.2, -0.15) is 0 Å². The second-order valence-electron chi connectivity index (χ2n) is 11.6. The minimum atomic E-state index is -0.744. The van der Waals surface area contributed by atoms with E-state index in [1.165, 1.54) is 9.13 Å². The molecule has 2 heterocycles. The highest BCUT2D eigenvalue weighted by Gasteiger charge is 2.31. The van der Waals surface area contributed by atoms with Crippen LogP contribution in [0.2, 0.25) is 0 Å². The number of rotatable bonds is 10. The summed E-state index contributed by atoms with van der Waals surface area (Å²) in [6.45, 7) is 11.6. The lowest BCUT2D eigenvalue weighted by molar-refractivity contribution is -0.135. The second kappa shape index (κ2) is 13.2. The highest BCUT2D eigenvalue weighted by Crippen LogP contribution is 2.24. The van der Waals surface area contributed by atoms with Gasteiger partial charge in [-0.15, -0.1) is 0 Å². The Labute approximate surface area is 234 Å². The molecule has 11 nitrogen and oxygen atoms in total. The topological polar surface area (TPSA) is 130 Å². The molecule has 2 N–H and O–H groups in total. The Morgan fingerprint density at radius 1 is 1.12 bits per heavy atom. The third-order valence-electron chi connectivity index (χ3n) is 6.14. The van der Waals surface area contributed by atoms with E-state index in [4.69, 9.17) is 14.2 Å². The zero-order valence-electron chi connectivity index (χ0n) is 24.2. The molecule has 0 radical (unpaired) electrons. The molecule has 2 aromatic rings. The van der Waals surface area contributed by atoms with Crippen LogP contribution in [0, 0.1) is 17.3 Å². The molecular formula is C29H40N4O7. The Kier molecular flexibility index (Phi) is 10.2. The van der Waals surface area contributed by atoms with E-state index in [9.17, 15) is 19.2 Å². The van der Waals surface area contributed by atoms with Crippen LogP contribution in [-0.4, -0.2) is 65.6 Å². The molecule has 0 bridgehead atoms. The predicted octanol–water partition coefficient (Wildman–Crippen LogP) is 2.64. The van der Waals surface area contributed by atoms with Crippen molar-refractivity contribution in [2.45, 2.75) is 65.5 Å². The average molecular weight is 557 g/mol. The summed E-state index contributed by atoms with van der Waals surface area (Å²) in [5.74, 6) is 5.30. The zero-order valence-corrected chi connectivity index (χ0v) is 24.2. The van der Waals surface area contributed by atoms with Crippen molar-refractivity contribution < 1.29 is 28.6 Å².